The fourth-order valence-corrected chi connectivity index (χ4v) is 4.00. The average molecular weight is 537 g/mol. The van der Waals surface area contributed by atoms with Gasteiger partial charge in [-0.2, -0.15) is 0 Å². The first kappa shape index (κ1) is 25.7. The lowest BCUT2D eigenvalue weighted by atomic mass is 10.1. The molecule has 1 aliphatic rings. The molecule has 0 radical (unpaired) electrons. The Morgan fingerprint density at radius 3 is 2.17 bits per heavy atom. The third-order valence-corrected chi connectivity index (χ3v) is 5.92. The van der Waals surface area contributed by atoms with E-state index in [2.05, 4.69) is 10.3 Å². The fraction of sp³-hybridized carbons (Fsp3) is 0. The molecule has 1 aliphatic heterocycles. The molecule has 4 aromatic rings. The summed E-state index contributed by atoms with van der Waals surface area (Å²) in [6, 6.07) is 18.7. The number of aromatic amines is 1. The van der Waals surface area contributed by atoms with Gasteiger partial charge < -0.3 is 9.52 Å². The van der Waals surface area contributed by atoms with Gasteiger partial charge in [-0.25, -0.2) is 19.1 Å². The van der Waals surface area contributed by atoms with Crippen LogP contribution in [0.3, 0.4) is 0 Å². The third kappa shape index (κ3) is 4.94. The number of carbonyl (C=O) groups is 3. The van der Waals surface area contributed by atoms with Gasteiger partial charge in [-0.3, -0.25) is 24.7 Å². The zero-order chi connectivity index (χ0) is 28.2. The molecule has 1 saturated heterocycles. The molecule has 4 amide bonds. The van der Waals surface area contributed by atoms with Crippen LogP contribution in [0.2, 0.25) is 0 Å². The Labute approximate surface area is 225 Å². The summed E-state index contributed by atoms with van der Waals surface area (Å²) < 4.78 is 6.40. The van der Waals surface area contributed by atoms with Crippen LogP contribution in [0.25, 0.3) is 17.3 Å². The van der Waals surface area contributed by atoms with Crippen LogP contribution in [-0.4, -0.2) is 32.5 Å². The van der Waals surface area contributed by atoms with Gasteiger partial charge in [0.2, 0.25) is 5.88 Å². The number of anilines is 1. The van der Waals surface area contributed by atoms with Crippen molar-refractivity contribution in [1.82, 2.24) is 14.9 Å². The average Bonchev–Trinajstić information content (AvgIpc) is 3.47. The van der Waals surface area contributed by atoms with E-state index in [4.69, 9.17) is 4.42 Å². The van der Waals surface area contributed by atoms with Gasteiger partial charge in [0.1, 0.15) is 16.9 Å². The molecule has 0 unspecified atom stereocenters. The number of hydrogen-bond donors (Lipinski definition) is 3. The maximum absolute atomic E-state index is 13.1. The number of carbonyl (C=O) groups excluding carboxylic acids is 3. The minimum absolute atomic E-state index is 0.221. The number of nitrogens with zero attached hydrogens (tertiary/aromatic N) is 2. The minimum atomic E-state index is -0.884. The summed E-state index contributed by atoms with van der Waals surface area (Å²) in [4.78, 5) is 66.0. The van der Waals surface area contributed by atoms with E-state index < -0.39 is 35.0 Å². The first-order valence-electron chi connectivity index (χ1n) is 11.9. The Hall–Kier alpha value is -5.97. The number of amides is 4. The quantitative estimate of drug-likeness (QED) is 0.194. The molecule has 11 heteroatoms. The normalized spacial score (nSPS) is 15.2. The second kappa shape index (κ2) is 10.8. The van der Waals surface area contributed by atoms with Crippen LogP contribution >= 0.6 is 0 Å². The number of hydrogen-bond acceptors (Lipinski definition) is 7. The summed E-state index contributed by atoms with van der Waals surface area (Å²) in [5.41, 5.74) is -1.28. The second-order valence-electron chi connectivity index (χ2n) is 8.42. The van der Waals surface area contributed by atoms with Gasteiger partial charge in [-0.05, 0) is 48.6 Å². The molecule has 40 heavy (non-hydrogen) atoms. The van der Waals surface area contributed by atoms with E-state index in [1.807, 2.05) is 0 Å². The van der Waals surface area contributed by atoms with E-state index in [0.29, 0.717) is 17.0 Å². The molecule has 0 saturated carbocycles. The minimum Gasteiger partial charge on any atom is -0.494 e. The Balaban J connectivity index is 1.56. The molecular formula is C29H20N4O7. The summed E-state index contributed by atoms with van der Waals surface area (Å²) in [5.74, 6) is -2.00. The van der Waals surface area contributed by atoms with Crippen molar-refractivity contribution < 1.29 is 23.9 Å². The summed E-state index contributed by atoms with van der Waals surface area (Å²) in [7, 11) is 0. The van der Waals surface area contributed by atoms with Gasteiger partial charge in [0.25, 0.3) is 17.4 Å². The van der Waals surface area contributed by atoms with Crippen LogP contribution in [0, 0.1) is 0 Å². The van der Waals surface area contributed by atoms with E-state index in [1.54, 1.807) is 72.8 Å². The number of aromatic nitrogens is 2. The van der Waals surface area contributed by atoms with Crippen LogP contribution in [0.5, 0.6) is 5.88 Å². The van der Waals surface area contributed by atoms with Gasteiger partial charge in [0.05, 0.1) is 17.6 Å². The second-order valence-corrected chi connectivity index (χ2v) is 8.42. The molecule has 0 aliphatic carbocycles. The predicted octanol–water partition coefficient (Wildman–Crippen LogP) is 3.13. The molecule has 5 rings (SSSR count). The molecule has 2 aromatic heterocycles. The SMILES string of the molecule is O=C1NC(=O)N(c2ccccc2)C(=O)/C1=C/C=C(/C=C/c1c(O)n(-c2ccccc2)c(=O)[nH]c1=O)c1ccco1. The molecule has 0 spiro atoms. The predicted molar refractivity (Wildman–Crippen MR) is 146 cm³/mol. The summed E-state index contributed by atoms with van der Waals surface area (Å²) in [6.45, 7) is 0. The number of rotatable bonds is 6. The molecular weight excluding hydrogens is 516 g/mol. The number of aromatic hydroxyl groups is 1. The number of H-pyrrole nitrogens is 1. The standard InChI is InChI=1S/C29H20N4O7/c34-24-21(26(36)32(28(38)30-24)19-8-3-1-4-9-19)15-13-18(23-12-7-17-40-23)14-16-22-25(35)31-29(39)33(27(22)37)20-10-5-2-6-11-20/h1-17,36H,(H,30,34,38)(H,31,35,39)/b15-13+,18-14-,22-16+. The molecule has 2 aromatic carbocycles. The maximum Gasteiger partial charge on any atom is 0.335 e. The topological polar surface area (TPSA) is 155 Å². The highest BCUT2D eigenvalue weighted by atomic mass is 16.3. The van der Waals surface area contributed by atoms with Crippen molar-refractivity contribution in [1.29, 1.82) is 0 Å². The van der Waals surface area contributed by atoms with Gasteiger partial charge in [-0.15, -0.1) is 0 Å². The number of urea groups is 1. The van der Waals surface area contributed by atoms with Crippen LogP contribution in [-0.2, 0) is 9.59 Å². The van der Waals surface area contributed by atoms with Gasteiger partial charge >= 0.3 is 11.7 Å². The van der Waals surface area contributed by atoms with Gasteiger partial charge in [0, 0.05) is 5.57 Å². The Bertz CT molecular complexity index is 1810. The van der Waals surface area contributed by atoms with Gasteiger partial charge in [0.15, 0.2) is 0 Å². The van der Waals surface area contributed by atoms with Crippen molar-refractivity contribution in [3.8, 4) is 11.6 Å². The first-order chi connectivity index (χ1) is 19.3. The van der Waals surface area contributed by atoms with E-state index in [1.165, 1.54) is 30.6 Å². The molecule has 198 valence electrons. The molecule has 3 heterocycles. The number of para-hydroxylation sites is 2. The molecule has 3 N–H and O–H groups in total. The largest absolute Gasteiger partial charge is 0.494 e. The zero-order valence-corrected chi connectivity index (χ0v) is 20.6. The number of imide groups is 2. The van der Waals surface area contributed by atoms with Crippen molar-refractivity contribution in [2.24, 2.45) is 0 Å². The lowest BCUT2D eigenvalue weighted by molar-refractivity contribution is -0.122. The van der Waals surface area contributed by atoms with Crippen LogP contribution in [0.15, 0.2) is 117 Å². The zero-order valence-electron chi connectivity index (χ0n) is 20.6. The Morgan fingerprint density at radius 1 is 0.850 bits per heavy atom. The van der Waals surface area contributed by atoms with Crippen LogP contribution < -0.4 is 21.5 Å². The highest BCUT2D eigenvalue weighted by Crippen LogP contribution is 2.24. The lowest BCUT2D eigenvalue weighted by Crippen LogP contribution is -2.54. The first-order valence-corrected chi connectivity index (χ1v) is 11.9. The summed E-state index contributed by atoms with van der Waals surface area (Å²) in [5, 5.41) is 13.0. The van der Waals surface area contributed by atoms with E-state index in [-0.39, 0.29) is 16.8 Å². The monoisotopic (exact) mass is 536 g/mol. The maximum atomic E-state index is 13.1. The lowest BCUT2D eigenvalue weighted by Gasteiger charge is -2.26. The molecule has 11 nitrogen and oxygen atoms in total. The van der Waals surface area contributed by atoms with Crippen molar-refractivity contribution >= 4 is 35.2 Å². The number of furan rings is 1. The van der Waals surface area contributed by atoms with E-state index >= 15 is 0 Å². The number of nitrogens with one attached hydrogen (secondary N) is 2. The van der Waals surface area contributed by atoms with Crippen molar-refractivity contribution in [2.75, 3.05) is 4.90 Å². The number of allylic oxidation sites excluding steroid dienone is 4. The molecule has 0 bridgehead atoms. The highest BCUT2D eigenvalue weighted by molar-refractivity contribution is 6.37. The molecule has 0 atom stereocenters. The van der Waals surface area contributed by atoms with E-state index in [9.17, 15) is 29.1 Å². The fourth-order valence-electron chi connectivity index (χ4n) is 4.00. The Morgan fingerprint density at radius 2 is 1.52 bits per heavy atom. The molecule has 1 fully saturated rings. The third-order valence-electron chi connectivity index (χ3n) is 5.92. The number of benzene rings is 2. The number of barbiturate groups is 1. The highest BCUT2D eigenvalue weighted by Gasteiger charge is 2.36. The van der Waals surface area contributed by atoms with Gasteiger partial charge in [-0.1, -0.05) is 48.6 Å². The van der Waals surface area contributed by atoms with Crippen LogP contribution in [0.4, 0.5) is 10.5 Å². The summed E-state index contributed by atoms with van der Waals surface area (Å²) >= 11 is 0. The summed E-state index contributed by atoms with van der Waals surface area (Å²) in [6.07, 6.45) is 6.68. The smallest absolute Gasteiger partial charge is 0.335 e. The van der Waals surface area contributed by atoms with Crippen molar-refractivity contribution in [3.05, 3.63) is 135 Å². The van der Waals surface area contributed by atoms with Crippen molar-refractivity contribution in [3.63, 3.8) is 0 Å². The Kier molecular flexibility index (Phi) is 6.93. The van der Waals surface area contributed by atoms with E-state index in [0.717, 1.165) is 9.47 Å². The van der Waals surface area contributed by atoms with Crippen LogP contribution in [0.1, 0.15) is 11.3 Å². The van der Waals surface area contributed by atoms with Crippen molar-refractivity contribution in [2.45, 2.75) is 0 Å².